The third-order valence-corrected chi connectivity index (χ3v) is 16.2. The van der Waals surface area contributed by atoms with E-state index in [0.29, 0.717) is 19.3 Å². The lowest BCUT2D eigenvalue weighted by molar-refractivity contribution is -0.167. The zero-order chi connectivity index (χ0) is 59.9. The van der Waals surface area contributed by atoms with Crippen molar-refractivity contribution >= 4 is 17.9 Å². The molecule has 0 fully saturated rings. The minimum Gasteiger partial charge on any atom is -0.462 e. The fraction of sp³-hybridized carbons (Fsp3) is 0.805. The van der Waals surface area contributed by atoms with E-state index < -0.39 is 6.10 Å². The maximum Gasteiger partial charge on any atom is 0.306 e. The Labute approximate surface area is 516 Å². The summed E-state index contributed by atoms with van der Waals surface area (Å²) < 4.78 is 17.0. The first-order chi connectivity index (χ1) is 41.0. The number of hydrogen-bond donors (Lipinski definition) is 0. The third-order valence-electron chi connectivity index (χ3n) is 16.2. The van der Waals surface area contributed by atoms with Crippen LogP contribution in [0.15, 0.2) is 72.9 Å². The van der Waals surface area contributed by atoms with Crippen LogP contribution in [-0.4, -0.2) is 37.2 Å². The highest BCUT2D eigenvalue weighted by atomic mass is 16.6. The topological polar surface area (TPSA) is 78.9 Å². The molecule has 0 heterocycles. The highest BCUT2D eigenvalue weighted by Gasteiger charge is 2.19. The van der Waals surface area contributed by atoms with Crippen LogP contribution in [0.1, 0.15) is 380 Å². The highest BCUT2D eigenvalue weighted by Crippen LogP contribution is 2.18. The molecule has 0 radical (unpaired) electrons. The lowest BCUT2D eigenvalue weighted by Gasteiger charge is -2.18. The number of unbranched alkanes of at least 4 members (excludes halogenated alkanes) is 44. The van der Waals surface area contributed by atoms with E-state index in [2.05, 4.69) is 93.7 Å². The van der Waals surface area contributed by atoms with Crippen LogP contribution in [0.2, 0.25) is 0 Å². The lowest BCUT2D eigenvalue weighted by Crippen LogP contribution is -2.30. The highest BCUT2D eigenvalue weighted by molar-refractivity contribution is 5.71. The van der Waals surface area contributed by atoms with Crippen LogP contribution in [-0.2, 0) is 28.6 Å². The second-order valence-electron chi connectivity index (χ2n) is 24.5. The van der Waals surface area contributed by atoms with Crippen molar-refractivity contribution < 1.29 is 28.6 Å². The van der Waals surface area contributed by atoms with Crippen LogP contribution in [0.3, 0.4) is 0 Å². The molecule has 0 rings (SSSR count). The van der Waals surface area contributed by atoms with E-state index in [-0.39, 0.29) is 31.1 Å². The standard InChI is InChI=1S/C77H138O6/c1-4-7-10-13-16-19-22-25-28-31-34-36-37-38-39-41-43-46-49-52-55-58-61-64-67-70-76(79)82-73-74(72-81-75(78)69-66-63-60-57-54-51-48-45-42-33-30-27-24-21-18-15-12-9-6-3)83-77(80)71-68-65-62-59-56-53-50-47-44-40-35-32-29-26-23-20-17-14-11-8-5-2/h7,10,16,19,25,27-28,30,34,36,38-39,74H,4-6,8-9,11-15,17-18,20-24,26,29,31-33,35,37,40-73H2,1-3H3/b10-7-,19-16-,28-25-,30-27-,36-34-,39-38-. The monoisotopic (exact) mass is 1160 g/mol. The van der Waals surface area contributed by atoms with Crippen molar-refractivity contribution in [2.45, 2.75) is 386 Å². The van der Waals surface area contributed by atoms with Crippen molar-refractivity contribution in [1.29, 1.82) is 0 Å². The minimum atomic E-state index is -0.779. The van der Waals surface area contributed by atoms with Gasteiger partial charge in [0.15, 0.2) is 6.10 Å². The van der Waals surface area contributed by atoms with E-state index in [1.807, 2.05) is 0 Å². The van der Waals surface area contributed by atoms with Crippen LogP contribution < -0.4 is 0 Å². The molecular formula is C77H138O6. The van der Waals surface area contributed by atoms with Crippen LogP contribution in [0.25, 0.3) is 0 Å². The largest absolute Gasteiger partial charge is 0.462 e. The SMILES string of the molecule is CC/C=C\C/C=C\C/C=C\C/C=C\C/C=C\CCCCCCCCCCCC(=O)OCC(COC(=O)CCCCCCCCCCC/C=C\CCCCCCCC)OC(=O)CCCCCCCCCCCCCCCCCCCCCCC. The van der Waals surface area contributed by atoms with Gasteiger partial charge in [-0.2, -0.15) is 0 Å². The smallest absolute Gasteiger partial charge is 0.306 e. The van der Waals surface area contributed by atoms with Crippen molar-refractivity contribution in [3.63, 3.8) is 0 Å². The van der Waals surface area contributed by atoms with Crippen molar-refractivity contribution in [1.82, 2.24) is 0 Å². The van der Waals surface area contributed by atoms with Crippen LogP contribution >= 0.6 is 0 Å². The first kappa shape index (κ1) is 79.8. The van der Waals surface area contributed by atoms with Gasteiger partial charge in [0.2, 0.25) is 0 Å². The Hall–Kier alpha value is -3.15. The molecule has 6 nitrogen and oxygen atoms in total. The summed E-state index contributed by atoms with van der Waals surface area (Å²) in [5.74, 6) is -0.856. The molecule has 0 aliphatic carbocycles. The Balaban J connectivity index is 4.35. The van der Waals surface area contributed by atoms with Gasteiger partial charge >= 0.3 is 17.9 Å². The molecule has 0 amide bonds. The molecule has 1 atom stereocenters. The van der Waals surface area contributed by atoms with E-state index in [1.54, 1.807) is 0 Å². The zero-order valence-electron chi connectivity index (χ0n) is 55.5. The predicted octanol–water partition coefficient (Wildman–Crippen LogP) is 25.2. The minimum absolute atomic E-state index is 0.0739. The summed E-state index contributed by atoms with van der Waals surface area (Å²) in [5, 5.41) is 0. The van der Waals surface area contributed by atoms with E-state index in [9.17, 15) is 14.4 Å². The summed E-state index contributed by atoms with van der Waals surface area (Å²) in [6.07, 6.45) is 93.5. The molecule has 0 saturated carbocycles. The van der Waals surface area contributed by atoms with Crippen molar-refractivity contribution in [3.05, 3.63) is 72.9 Å². The maximum atomic E-state index is 13.0. The van der Waals surface area contributed by atoms with Gasteiger partial charge in [0.1, 0.15) is 13.2 Å². The van der Waals surface area contributed by atoms with Gasteiger partial charge in [-0.1, -0.05) is 344 Å². The first-order valence-corrected chi connectivity index (χ1v) is 36.4. The summed E-state index contributed by atoms with van der Waals surface area (Å²) in [6.45, 7) is 6.59. The Bertz CT molecular complexity index is 1520. The number of esters is 3. The molecular weight excluding hydrogens is 1020 g/mol. The molecule has 6 heteroatoms. The summed E-state index contributed by atoms with van der Waals surface area (Å²) in [6, 6.07) is 0. The summed E-state index contributed by atoms with van der Waals surface area (Å²) >= 11 is 0. The van der Waals surface area contributed by atoms with Gasteiger partial charge < -0.3 is 14.2 Å². The molecule has 482 valence electrons. The summed E-state index contributed by atoms with van der Waals surface area (Å²) in [4.78, 5) is 38.5. The van der Waals surface area contributed by atoms with Crippen molar-refractivity contribution in [2.24, 2.45) is 0 Å². The molecule has 0 aromatic rings. The quantitative estimate of drug-likeness (QED) is 0.0261. The molecule has 0 saturated heterocycles. The molecule has 0 aliphatic heterocycles. The van der Waals surface area contributed by atoms with Gasteiger partial charge in [-0.25, -0.2) is 0 Å². The number of allylic oxidation sites excluding steroid dienone is 12. The third kappa shape index (κ3) is 69.5. The van der Waals surface area contributed by atoms with Crippen LogP contribution in [0.4, 0.5) is 0 Å². The predicted molar refractivity (Wildman–Crippen MR) is 362 cm³/mol. The van der Waals surface area contributed by atoms with E-state index in [4.69, 9.17) is 14.2 Å². The average molecular weight is 1160 g/mol. The average Bonchev–Trinajstić information content (AvgIpc) is 3.50. The van der Waals surface area contributed by atoms with Gasteiger partial charge in [-0.3, -0.25) is 14.4 Å². The maximum absolute atomic E-state index is 13.0. The Kier molecular flexibility index (Phi) is 68.6. The second kappa shape index (κ2) is 71.3. The number of ether oxygens (including phenoxy) is 3. The summed E-state index contributed by atoms with van der Waals surface area (Å²) in [7, 11) is 0. The van der Waals surface area contributed by atoms with Crippen LogP contribution in [0, 0.1) is 0 Å². The van der Waals surface area contributed by atoms with Gasteiger partial charge in [-0.15, -0.1) is 0 Å². The van der Waals surface area contributed by atoms with Crippen molar-refractivity contribution in [3.8, 4) is 0 Å². The molecule has 0 aliphatic rings. The molecule has 0 aromatic carbocycles. The Morgan fingerprint density at radius 2 is 0.470 bits per heavy atom. The molecule has 0 N–H and O–H groups in total. The molecule has 0 aromatic heterocycles. The number of carbonyl (C=O) groups excluding carboxylic acids is 3. The number of rotatable bonds is 67. The lowest BCUT2D eigenvalue weighted by atomic mass is 10.0. The second-order valence-corrected chi connectivity index (χ2v) is 24.5. The van der Waals surface area contributed by atoms with Crippen LogP contribution in [0.5, 0.6) is 0 Å². The summed E-state index contributed by atoms with van der Waals surface area (Å²) in [5.41, 5.74) is 0. The molecule has 1 unspecified atom stereocenters. The van der Waals surface area contributed by atoms with Gasteiger partial charge in [-0.05, 0) is 89.9 Å². The Morgan fingerprint density at radius 1 is 0.253 bits per heavy atom. The van der Waals surface area contributed by atoms with E-state index in [1.165, 1.54) is 244 Å². The molecule has 0 bridgehead atoms. The molecule has 0 spiro atoms. The first-order valence-electron chi connectivity index (χ1n) is 36.4. The number of carbonyl (C=O) groups is 3. The van der Waals surface area contributed by atoms with Gasteiger partial charge in [0.25, 0.3) is 0 Å². The van der Waals surface area contributed by atoms with Crippen molar-refractivity contribution in [2.75, 3.05) is 13.2 Å². The fourth-order valence-corrected chi connectivity index (χ4v) is 10.8. The van der Waals surface area contributed by atoms with E-state index in [0.717, 1.165) is 96.3 Å². The Morgan fingerprint density at radius 3 is 0.747 bits per heavy atom. The zero-order valence-corrected chi connectivity index (χ0v) is 55.5. The fourth-order valence-electron chi connectivity index (χ4n) is 10.8. The normalized spacial score (nSPS) is 12.5. The van der Waals surface area contributed by atoms with Gasteiger partial charge in [0, 0.05) is 19.3 Å². The van der Waals surface area contributed by atoms with E-state index >= 15 is 0 Å². The van der Waals surface area contributed by atoms with Gasteiger partial charge in [0.05, 0.1) is 0 Å². The number of hydrogen-bond acceptors (Lipinski definition) is 6. The molecule has 83 heavy (non-hydrogen) atoms.